The number of hydrogen-bond acceptors (Lipinski definition) is 0. The zero-order valence-electron chi connectivity index (χ0n) is 26.6. The van der Waals surface area contributed by atoms with Gasteiger partial charge in [-0.2, -0.15) is 0 Å². The first-order valence-corrected chi connectivity index (χ1v) is 15.0. The van der Waals surface area contributed by atoms with Gasteiger partial charge in [0.1, 0.15) is 0 Å². The fourth-order valence-electron chi connectivity index (χ4n) is 7.70. The maximum absolute atomic E-state index is 7.03. The monoisotopic (exact) mass is 534 g/mol. The molecule has 0 fully saturated rings. The topological polar surface area (TPSA) is 0 Å². The van der Waals surface area contributed by atoms with Gasteiger partial charge in [0.05, 0.1) is 0 Å². The molecule has 46 radical (unpaired) electrons. The quantitative estimate of drug-likeness (QED) is 0.123. The van der Waals surface area contributed by atoms with Crippen molar-refractivity contribution in [1.29, 1.82) is 0 Å². The first-order valence-electron chi connectivity index (χ1n) is 15.0. The maximum atomic E-state index is 7.03. The van der Waals surface area contributed by atoms with E-state index in [-0.39, 0.29) is 21.9 Å². The smallest absolute Gasteiger partial charge is 0.000000000000000141 e. The Morgan fingerprint density at radius 3 is 0.438 bits per heavy atom. The van der Waals surface area contributed by atoms with Gasteiger partial charge in [0, 0.05) is 0 Å². The standard InChI is InChI=1S/B48H6/c1-26(2)38(25)44(37(23)24)47(43(35(19)20)36(21)22)48(45(39(27(3)4)28(5)6)40(29(7)8)30(9)10)46(41(31(11)12)32(13)14)42(33(15)16)34(17)18/h1-2H3/q-2. The van der Waals surface area contributed by atoms with Crippen LogP contribution in [0.5, 0.6) is 0 Å². The minimum Gasteiger partial charge on any atom is -0.262 e. The van der Waals surface area contributed by atoms with Crippen LogP contribution in [0.3, 0.4) is 0 Å². The number of hydrogen-bond donors (Lipinski definition) is 0. The highest BCUT2D eigenvalue weighted by molar-refractivity contribution is 8.35. The molecular weight excluding hydrogens is 519 g/mol. The Balaban J connectivity index is 9.31. The minimum absolute atomic E-state index is 0.246. The summed E-state index contributed by atoms with van der Waals surface area (Å²) in [6.07, 6.45) is -24.3. The zero-order chi connectivity index (χ0) is 38.3. The Bertz CT molecular complexity index is 695. The molecule has 0 aliphatic rings. The first kappa shape index (κ1) is 51.1. The Morgan fingerprint density at radius 1 is 0.188 bits per heavy atom. The molecule has 0 heterocycles. The molecule has 0 aromatic rings. The molecule has 0 bridgehead atoms. The van der Waals surface area contributed by atoms with E-state index in [0.29, 0.717) is 0 Å². The summed E-state index contributed by atoms with van der Waals surface area (Å²) in [5, 5.41) is 0. The molecule has 0 aliphatic heterocycles. The molecule has 0 aliphatic carbocycles. The van der Waals surface area contributed by atoms with E-state index in [0.717, 1.165) is 0 Å². The van der Waals surface area contributed by atoms with Crippen LogP contribution < -0.4 is 0 Å². The summed E-state index contributed by atoms with van der Waals surface area (Å²) < 4.78 is 0. The molecule has 0 N–H and O–H groups in total. The summed E-state index contributed by atoms with van der Waals surface area (Å²) in [6.45, 7) is 0. The highest BCUT2D eigenvalue weighted by Crippen LogP contribution is 2.21. The van der Waals surface area contributed by atoms with Gasteiger partial charge in [0.25, 0.3) is 0 Å². The average molecular weight is 525 g/mol. The van der Waals surface area contributed by atoms with Gasteiger partial charge in [-0.3, -0.25) is 6.39 Å². The third-order valence-corrected chi connectivity index (χ3v) is 9.33. The molecule has 0 unspecified atom stereocenters. The average Bonchev–Trinajstić information content (AvgIpc) is 2.86. The molecule has 0 saturated carbocycles. The molecule has 48 heteroatoms. The van der Waals surface area contributed by atoms with Gasteiger partial charge in [0.2, 0.25) is 0 Å². The predicted molar refractivity (Wildman–Crippen MR) is 285 cm³/mol. The molecule has 0 saturated heterocycles. The second-order valence-electron chi connectivity index (χ2n) is 12.7. The molecule has 48 heavy (non-hydrogen) atoms. The van der Waals surface area contributed by atoms with E-state index in [1.54, 1.807) is 0 Å². The Labute approximate surface area is 337 Å². The summed E-state index contributed by atoms with van der Waals surface area (Å²) in [4.78, 5) is 0. The maximum Gasteiger partial charge on any atom is -0.000000000000000141 e. The summed E-state index contributed by atoms with van der Waals surface area (Å²) >= 11 is 0. The normalized spacial score (nSPS) is 9.71. The third-order valence-electron chi connectivity index (χ3n) is 9.33. The van der Waals surface area contributed by atoms with Crippen LogP contribution in [0.4, 0.5) is 0 Å². The van der Waals surface area contributed by atoms with E-state index in [9.17, 15) is 0 Å². The van der Waals surface area contributed by atoms with Crippen LogP contribution in [0.25, 0.3) is 0 Å². The lowest BCUT2D eigenvalue weighted by molar-refractivity contribution is 3.19. The van der Waals surface area contributed by atoms with Crippen LogP contribution in [0.15, 0.2) is 0 Å². The van der Waals surface area contributed by atoms with Gasteiger partial charge in [-0.05, 0) is 312 Å². The Hall–Kier alpha value is 3.12. The third kappa shape index (κ3) is 13.7. The molecule has 0 aromatic carbocycles. The van der Waals surface area contributed by atoms with Crippen molar-refractivity contribution in [3.05, 3.63) is 0 Å². The van der Waals surface area contributed by atoms with E-state index in [4.69, 9.17) is 178 Å². The van der Waals surface area contributed by atoms with Gasteiger partial charge in [-0.1, -0.05) is 6.39 Å². The van der Waals surface area contributed by atoms with Crippen molar-refractivity contribution in [2.45, 2.75) is 0 Å². The number of rotatable bonds is 22. The van der Waals surface area contributed by atoms with Crippen LogP contribution in [0.2, 0.25) is 0 Å². The van der Waals surface area contributed by atoms with Gasteiger partial charge in [-0.25, -0.2) is 0 Å². The lowest BCUT2D eigenvalue weighted by atomic mass is 8.25. The molecule has 0 atom stereocenters. The van der Waals surface area contributed by atoms with Gasteiger partial charge >= 0.3 is 0 Å². The van der Waals surface area contributed by atoms with Crippen molar-refractivity contribution in [3.63, 3.8) is 0 Å². The van der Waals surface area contributed by atoms with E-state index < -0.39 is 140 Å². The van der Waals surface area contributed by atoms with Crippen LogP contribution in [-0.2, 0) is 0 Å². The van der Waals surface area contributed by atoms with E-state index in [1.807, 2.05) is 0 Å². The molecule has 0 spiro atoms. The lowest BCUT2D eigenvalue weighted by Crippen LogP contribution is -2.94. The first-order chi connectivity index (χ1) is 21.8. The Morgan fingerprint density at radius 2 is 0.312 bits per heavy atom. The van der Waals surface area contributed by atoms with E-state index in [1.165, 1.54) is 0 Å². The SMILES string of the molecule is [B]B([B])B(B([B])[B])B(B(B([B])[B])B([B])[B])B(B(B(B([B])[B])B([B])[B])B(B([B])[B])B([B])[B])B(B(B([B])[B])B([B])[B])B(B([B])[B])B([B])B([BH3-])[BH3-]. The molecule has 0 nitrogen and oxygen atoms in total. The fraction of sp³-hybridized carbons (Fsp3) is 0. The van der Waals surface area contributed by atoms with Crippen LogP contribution in [-0.4, -0.2) is 340 Å². The van der Waals surface area contributed by atoms with Crippen LogP contribution in [0.1, 0.15) is 0 Å². The fourth-order valence-corrected chi connectivity index (χ4v) is 7.70. The molecular formula is H6B48-2. The highest BCUT2D eigenvalue weighted by atomic mass is 13.4. The largest absolute Gasteiger partial charge is 0.262 e. The van der Waals surface area contributed by atoms with Gasteiger partial charge < -0.3 is 0 Å². The molecule has 0 aromatic heterocycles. The summed E-state index contributed by atoms with van der Waals surface area (Å²) in [5.74, 6) is 0. The van der Waals surface area contributed by atoms with Crippen molar-refractivity contribution >= 4 is 340 Å². The van der Waals surface area contributed by atoms with Crippen LogP contribution >= 0.6 is 0 Å². The zero-order valence-corrected chi connectivity index (χ0v) is 26.6. The second kappa shape index (κ2) is 23.2. The van der Waals surface area contributed by atoms with E-state index >= 15 is 0 Å². The van der Waals surface area contributed by atoms with E-state index in [2.05, 4.69) is 0 Å². The van der Waals surface area contributed by atoms with Crippen molar-refractivity contribution < 1.29 is 0 Å². The second-order valence-corrected chi connectivity index (χ2v) is 12.7. The Kier molecular flexibility index (Phi) is 24.8. The predicted octanol–water partition coefficient (Wildman–Crippen LogP) is -19.9. The summed E-state index contributed by atoms with van der Waals surface area (Å²) in [6, 6.07) is 0. The molecule has 0 amide bonds. The highest BCUT2D eigenvalue weighted by Gasteiger charge is 2.59. The van der Waals surface area contributed by atoms with Crippen molar-refractivity contribution in [3.8, 4) is 0 Å². The van der Waals surface area contributed by atoms with Gasteiger partial charge in [-0.15, -0.1) is 15.5 Å². The minimum atomic E-state index is -1.25. The van der Waals surface area contributed by atoms with Crippen molar-refractivity contribution in [2.24, 2.45) is 0 Å². The van der Waals surface area contributed by atoms with Crippen molar-refractivity contribution in [2.75, 3.05) is 0 Å². The summed E-state index contributed by atoms with van der Waals surface area (Å²) in [5.41, 5.74) is 0. The molecule has 152 valence electrons. The van der Waals surface area contributed by atoms with Crippen molar-refractivity contribution in [1.82, 2.24) is 0 Å². The lowest BCUT2D eigenvalue weighted by Gasteiger charge is -2.57. The van der Waals surface area contributed by atoms with Gasteiger partial charge in [0.15, 0.2) is 0 Å². The van der Waals surface area contributed by atoms with Crippen LogP contribution in [0, 0.1) is 0 Å². The molecule has 0 rings (SSSR count). The summed E-state index contributed by atoms with van der Waals surface area (Å²) in [7, 11) is 149.